The molecule has 7 heteroatoms. The lowest BCUT2D eigenvalue weighted by atomic mass is 10.2. The second kappa shape index (κ2) is 8.19. The Kier molecular flexibility index (Phi) is 5.48. The van der Waals surface area contributed by atoms with E-state index in [1.807, 2.05) is 17.0 Å². The number of halogens is 1. The topological polar surface area (TPSA) is 65.5 Å². The normalized spacial score (nSPS) is 17.2. The van der Waals surface area contributed by atoms with Gasteiger partial charge in [0.25, 0.3) is 5.91 Å². The summed E-state index contributed by atoms with van der Waals surface area (Å²) in [6.45, 7) is 3.20. The first-order valence-corrected chi connectivity index (χ1v) is 10.1. The molecule has 1 saturated carbocycles. The molecule has 4 rings (SSSR count). The molecule has 1 aliphatic heterocycles. The minimum atomic E-state index is -0.260. The molecule has 146 valence electrons. The Bertz CT molecular complexity index is 867. The summed E-state index contributed by atoms with van der Waals surface area (Å²) in [6.07, 6.45) is 4.68. The molecule has 1 aromatic carbocycles. The first kappa shape index (κ1) is 18.7. The highest BCUT2D eigenvalue weighted by molar-refractivity contribution is 6.34. The lowest BCUT2D eigenvalue weighted by Gasteiger charge is -2.23. The van der Waals surface area contributed by atoms with Crippen molar-refractivity contribution in [1.29, 1.82) is 0 Å². The molecule has 2 fully saturated rings. The molecule has 0 atom stereocenters. The van der Waals surface area contributed by atoms with Gasteiger partial charge in [-0.25, -0.2) is 4.98 Å². The molecule has 0 unspecified atom stereocenters. The highest BCUT2D eigenvalue weighted by Crippen LogP contribution is 2.31. The number of anilines is 2. The van der Waals surface area contributed by atoms with Crippen LogP contribution in [0.25, 0.3) is 0 Å². The first-order chi connectivity index (χ1) is 13.6. The Morgan fingerprint density at radius 2 is 1.86 bits per heavy atom. The molecule has 28 heavy (non-hydrogen) atoms. The quantitative estimate of drug-likeness (QED) is 0.856. The number of nitrogens with one attached hydrogen (secondary N) is 1. The minimum Gasteiger partial charge on any atom is -0.355 e. The summed E-state index contributed by atoms with van der Waals surface area (Å²) in [6, 6.07) is 10.7. The SMILES string of the molecule is O=C(Nc1ccc(N2CCCN(C(=O)C3CC3)CC2)nc1)c1ccccc1Cl. The summed E-state index contributed by atoms with van der Waals surface area (Å²) in [5.41, 5.74) is 1.05. The van der Waals surface area contributed by atoms with E-state index in [2.05, 4.69) is 15.2 Å². The van der Waals surface area contributed by atoms with Gasteiger partial charge in [0.2, 0.25) is 5.91 Å². The smallest absolute Gasteiger partial charge is 0.257 e. The van der Waals surface area contributed by atoms with Crippen molar-refractivity contribution in [2.24, 2.45) is 5.92 Å². The molecule has 1 aliphatic carbocycles. The number of benzene rings is 1. The number of aromatic nitrogens is 1. The highest BCUT2D eigenvalue weighted by Gasteiger charge is 2.34. The Hall–Kier alpha value is -2.60. The Morgan fingerprint density at radius 1 is 1.04 bits per heavy atom. The van der Waals surface area contributed by atoms with Gasteiger partial charge in [-0.3, -0.25) is 9.59 Å². The standard InChI is InChI=1S/C21H23ClN4O2/c22-18-5-2-1-4-17(18)20(27)24-16-8-9-19(23-14-16)25-10-3-11-26(13-12-25)21(28)15-6-7-15/h1-2,4-5,8-9,14-15H,3,6-7,10-13H2,(H,24,27). The average molecular weight is 399 g/mol. The summed E-state index contributed by atoms with van der Waals surface area (Å²) < 4.78 is 0. The van der Waals surface area contributed by atoms with Crippen LogP contribution in [0, 0.1) is 5.92 Å². The minimum absolute atomic E-state index is 0.260. The Labute approximate surface area is 169 Å². The molecule has 0 spiro atoms. The van der Waals surface area contributed by atoms with Crippen LogP contribution >= 0.6 is 11.6 Å². The summed E-state index contributed by atoms with van der Waals surface area (Å²) >= 11 is 6.07. The third-order valence-electron chi connectivity index (χ3n) is 5.18. The Morgan fingerprint density at radius 3 is 2.57 bits per heavy atom. The second-order valence-corrected chi connectivity index (χ2v) is 7.69. The van der Waals surface area contributed by atoms with Crippen LogP contribution in [0.3, 0.4) is 0 Å². The van der Waals surface area contributed by atoms with E-state index >= 15 is 0 Å². The van der Waals surface area contributed by atoms with Gasteiger partial charge in [-0.2, -0.15) is 0 Å². The fourth-order valence-electron chi connectivity index (χ4n) is 3.45. The van der Waals surface area contributed by atoms with Gasteiger partial charge in [-0.1, -0.05) is 23.7 Å². The molecular weight excluding hydrogens is 376 g/mol. The summed E-state index contributed by atoms with van der Waals surface area (Å²) in [5.74, 6) is 1.18. The van der Waals surface area contributed by atoms with Crippen molar-refractivity contribution >= 4 is 34.9 Å². The van der Waals surface area contributed by atoms with Crippen LogP contribution in [0.4, 0.5) is 11.5 Å². The molecule has 1 saturated heterocycles. The summed E-state index contributed by atoms with van der Waals surface area (Å²) in [7, 11) is 0. The first-order valence-electron chi connectivity index (χ1n) is 9.67. The van der Waals surface area contributed by atoms with E-state index in [4.69, 9.17) is 11.6 Å². The molecule has 1 N–H and O–H groups in total. The number of pyridine rings is 1. The Balaban J connectivity index is 1.37. The number of rotatable bonds is 4. The zero-order valence-corrected chi connectivity index (χ0v) is 16.4. The van der Waals surface area contributed by atoms with Crippen LogP contribution in [0.5, 0.6) is 0 Å². The van der Waals surface area contributed by atoms with Crippen molar-refractivity contribution in [2.45, 2.75) is 19.3 Å². The van der Waals surface area contributed by atoms with Gasteiger partial charge in [0, 0.05) is 32.1 Å². The van der Waals surface area contributed by atoms with Crippen molar-refractivity contribution in [2.75, 3.05) is 36.4 Å². The van der Waals surface area contributed by atoms with Crippen LogP contribution in [0.15, 0.2) is 42.6 Å². The number of hydrogen-bond acceptors (Lipinski definition) is 4. The average Bonchev–Trinajstić information content (AvgIpc) is 3.55. The van der Waals surface area contributed by atoms with Crippen LogP contribution in [-0.2, 0) is 4.79 Å². The predicted molar refractivity (Wildman–Crippen MR) is 110 cm³/mol. The number of nitrogens with zero attached hydrogens (tertiary/aromatic N) is 3. The molecule has 2 aliphatic rings. The van der Waals surface area contributed by atoms with Gasteiger partial charge in [-0.15, -0.1) is 0 Å². The number of carbonyl (C=O) groups excluding carboxylic acids is 2. The molecule has 2 aromatic rings. The molecule has 0 radical (unpaired) electrons. The van der Waals surface area contributed by atoms with Gasteiger partial charge in [0.05, 0.1) is 22.5 Å². The van der Waals surface area contributed by atoms with Gasteiger partial charge < -0.3 is 15.1 Å². The molecule has 2 amide bonds. The van der Waals surface area contributed by atoms with E-state index < -0.39 is 0 Å². The van der Waals surface area contributed by atoms with Gasteiger partial charge in [0.1, 0.15) is 5.82 Å². The zero-order valence-electron chi connectivity index (χ0n) is 15.6. The molecule has 6 nitrogen and oxygen atoms in total. The maximum atomic E-state index is 12.4. The van der Waals surface area contributed by atoms with Crippen molar-refractivity contribution in [3.05, 3.63) is 53.2 Å². The fraction of sp³-hybridized carbons (Fsp3) is 0.381. The maximum Gasteiger partial charge on any atom is 0.257 e. The van der Waals surface area contributed by atoms with Crippen molar-refractivity contribution < 1.29 is 9.59 Å². The van der Waals surface area contributed by atoms with Gasteiger partial charge in [-0.05, 0) is 43.5 Å². The zero-order chi connectivity index (χ0) is 19.5. The summed E-state index contributed by atoms with van der Waals surface area (Å²) in [4.78, 5) is 33.3. The third kappa shape index (κ3) is 4.28. The molecule has 2 heterocycles. The van der Waals surface area contributed by atoms with E-state index in [0.717, 1.165) is 51.3 Å². The monoisotopic (exact) mass is 398 g/mol. The third-order valence-corrected chi connectivity index (χ3v) is 5.51. The van der Waals surface area contributed by atoms with Crippen molar-refractivity contribution in [3.63, 3.8) is 0 Å². The fourth-order valence-corrected chi connectivity index (χ4v) is 3.67. The lowest BCUT2D eigenvalue weighted by Crippen LogP contribution is -2.36. The van der Waals surface area contributed by atoms with Gasteiger partial charge in [0.15, 0.2) is 0 Å². The van der Waals surface area contributed by atoms with Crippen LogP contribution < -0.4 is 10.2 Å². The number of amides is 2. The van der Waals surface area contributed by atoms with Crippen LogP contribution in [-0.4, -0.2) is 47.9 Å². The lowest BCUT2D eigenvalue weighted by molar-refractivity contribution is -0.132. The van der Waals surface area contributed by atoms with Crippen molar-refractivity contribution in [3.8, 4) is 0 Å². The van der Waals surface area contributed by atoms with Crippen molar-refractivity contribution in [1.82, 2.24) is 9.88 Å². The van der Waals surface area contributed by atoms with Crippen LogP contribution in [0.2, 0.25) is 5.02 Å². The van der Waals surface area contributed by atoms with E-state index in [-0.39, 0.29) is 11.8 Å². The van der Waals surface area contributed by atoms with E-state index in [0.29, 0.717) is 22.2 Å². The number of carbonyl (C=O) groups is 2. The van der Waals surface area contributed by atoms with E-state index in [1.165, 1.54) is 0 Å². The van der Waals surface area contributed by atoms with E-state index in [9.17, 15) is 9.59 Å². The maximum absolute atomic E-state index is 12.4. The van der Waals surface area contributed by atoms with E-state index in [1.54, 1.807) is 30.5 Å². The van der Waals surface area contributed by atoms with Crippen LogP contribution in [0.1, 0.15) is 29.6 Å². The predicted octanol–water partition coefficient (Wildman–Crippen LogP) is 3.44. The highest BCUT2D eigenvalue weighted by atomic mass is 35.5. The second-order valence-electron chi connectivity index (χ2n) is 7.28. The molecule has 0 bridgehead atoms. The molecular formula is C21H23ClN4O2. The largest absolute Gasteiger partial charge is 0.355 e. The van der Waals surface area contributed by atoms with Gasteiger partial charge >= 0.3 is 0 Å². The molecule has 1 aromatic heterocycles. The summed E-state index contributed by atoms with van der Waals surface area (Å²) in [5, 5.41) is 3.24. The number of hydrogen-bond donors (Lipinski definition) is 1.